The van der Waals surface area contributed by atoms with E-state index in [0.29, 0.717) is 29.8 Å². The van der Waals surface area contributed by atoms with Gasteiger partial charge in [0.25, 0.3) is 0 Å². The van der Waals surface area contributed by atoms with Crippen LogP contribution in [0.15, 0.2) is 48.5 Å². The van der Waals surface area contributed by atoms with Crippen LogP contribution in [0.25, 0.3) is 16.9 Å². The molecule has 1 aliphatic rings. The number of carbonyl (C=O) groups is 1. The summed E-state index contributed by atoms with van der Waals surface area (Å²) in [5.74, 6) is -1.06. The summed E-state index contributed by atoms with van der Waals surface area (Å²) in [5, 5.41) is 13.7. The van der Waals surface area contributed by atoms with Crippen molar-refractivity contribution >= 4 is 17.6 Å². The number of carboxylic acid groups (broad SMARTS) is 1. The molecule has 2 aromatic carbocycles. The van der Waals surface area contributed by atoms with Crippen LogP contribution < -0.4 is 0 Å². The highest BCUT2D eigenvalue weighted by atomic mass is 35.5. The maximum Gasteiger partial charge on any atom is 0.435 e. The lowest BCUT2D eigenvalue weighted by Gasteiger charge is -2.26. The van der Waals surface area contributed by atoms with E-state index in [-0.39, 0.29) is 16.3 Å². The number of para-hydroxylation sites is 1. The molecule has 2 heterocycles. The van der Waals surface area contributed by atoms with E-state index >= 15 is 0 Å². The Morgan fingerprint density at radius 3 is 2.45 bits per heavy atom. The standard InChI is InChI=1S/C24H23ClF3N3O2/c25-19-6-2-3-7-20(19)31-21(15-22(29-31)24(26,27)28)17-8-9-18(23(32)33)16(14-17)10-13-30-11-4-1-5-12-30/h2-3,6-9,14-15H,1,4-5,10-13H2,(H,32,33). The van der Waals surface area contributed by atoms with Crippen LogP contribution in [0, 0.1) is 0 Å². The van der Waals surface area contributed by atoms with Gasteiger partial charge in [-0.1, -0.05) is 36.2 Å². The molecule has 0 radical (unpaired) electrons. The first-order chi connectivity index (χ1) is 15.7. The van der Waals surface area contributed by atoms with E-state index in [0.717, 1.165) is 36.7 Å². The van der Waals surface area contributed by atoms with Crippen LogP contribution >= 0.6 is 11.6 Å². The van der Waals surface area contributed by atoms with Crippen molar-refractivity contribution in [3.05, 3.63) is 70.4 Å². The van der Waals surface area contributed by atoms with Gasteiger partial charge in [0.05, 0.1) is 22.0 Å². The summed E-state index contributed by atoms with van der Waals surface area (Å²) >= 11 is 6.25. The molecular formula is C24H23ClF3N3O2. The average Bonchev–Trinajstić information content (AvgIpc) is 3.24. The third-order valence-corrected chi connectivity index (χ3v) is 6.18. The van der Waals surface area contributed by atoms with Gasteiger partial charge in [0.2, 0.25) is 0 Å². The Morgan fingerprint density at radius 1 is 1.06 bits per heavy atom. The van der Waals surface area contributed by atoms with Crippen molar-refractivity contribution in [3.8, 4) is 16.9 Å². The molecule has 0 unspecified atom stereocenters. The third kappa shape index (κ3) is 5.23. The largest absolute Gasteiger partial charge is 0.478 e. The second kappa shape index (κ2) is 9.57. The zero-order chi connectivity index (χ0) is 23.6. The van der Waals surface area contributed by atoms with E-state index in [2.05, 4.69) is 10.00 Å². The van der Waals surface area contributed by atoms with Crippen molar-refractivity contribution in [2.45, 2.75) is 31.9 Å². The van der Waals surface area contributed by atoms with Gasteiger partial charge in [-0.2, -0.15) is 18.3 Å². The highest BCUT2D eigenvalue weighted by Gasteiger charge is 2.35. The molecule has 1 aromatic heterocycles. The number of halogens is 4. The molecule has 174 valence electrons. The van der Waals surface area contributed by atoms with Crippen LogP contribution in [-0.2, 0) is 12.6 Å². The maximum absolute atomic E-state index is 13.5. The van der Waals surface area contributed by atoms with Crippen LogP contribution in [0.2, 0.25) is 5.02 Å². The first-order valence-electron chi connectivity index (χ1n) is 10.7. The average molecular weight is 478 g/mol. The molecule has 0 bridgehead atoms. The Kier molecular flexibility index (Phi) is 6.76. The molecule has 1 saturated heterocycles. The molecule has 1 N–H and O–H groups in total. The summed E-state index contributed by atoms with van der Waals surface area (Å²) in [6.45, 7) is 2.63. The summed E-state index contributed by atoms with van der Waals surface area (Å²) < 4.78 is 41.7. The van der Waals surface area contributed by atoms with Crippen molar-refractivity contribution in [2.24, 2.45) is 0 Å². The Balaban J connectivity index is 1.77. The molecule has 1 fully saturated rings. The first kappa shape index (κ1) is 23.3. The molecule has 0 atom stereocenters. The number of hydrogen-bond donors (Lipinski definition) is 1. The number of aromatic carboxylic acids is 1. The number of nitrogens with zero attached hydrogens (tertiary/aromatic N) is 3. The van der Waals surface area contributed by atoms with Gasteiger partial charge < -0.3 is 10.0 Å². The highest BCUT2D eigenvalue weighted by Crippen LogP contribution is 2.35. The number of piperidine rings is 1. The minimum absolute atomic E-state index is 0.149. The molecular weight excluding hydrogens is 455 g/mol. The predicted octanol–water partition coefficient (Wildman–Crippen LogP) is 5.94. The Hall–Kier alpha value is -2.84. The van der Waals surface area contributed by atoms with E-state index in [4.69, 9.17) is 11.6 Å². The van der Waals surface area contributed by atoms with Crippen LogP contribution in [0.3, 0.4) is 0 Å². The normalized spacial score (nSPS) is 15.0. The number of likely N-dealkylation sites (tertiary alicyclic amines) is 1. The maximum atomic E-state index is 13.5. The lowest BCUT2D eigenvalue weighted by Crippen LogP contribution is -2.31. The quantitative estimate of drug-likeness (QED) is 0.477. The van der Waals surface area contributed by atoms with E-state index in [1.165, 1.54) is 18.6 Å². The van der Waals surface area contributed by atoms with Crippen LogP contribution in [0.5, 0.6) is 0 Å². The van der Waals surface area contributed by atoms with Gasteiger partial charge in [-0.15, -0.1) is 0 Å². The fourth-order valence-corrected chi connectivity index (χ4v) is 4.38. The van der Waals surface area contributed by atoms with Gasteiger partial charge in [0.15, 0.2) is 5.69 Å². The van der Waals surface area contributed by atoms with Crippen LogP contribution in [-0.4, -0.2) is 45.4 Å². The number of carboxylic acids is 1. The van der Waals surface area contributed by atoms with Gasteiger partial charge in [-0.3, -0.25) is 0 Å². The third-order valence-electron chi connectivity index (χ3n) is 5.86. The molecule has 3 aromatic rings. The van der Waals surface area contributed by atoms with E-state index in [9.17, 15) is 23.1 Å². The van der Waals surface area contributed by atoms with E-state index in [1.807, 2.05) is 0 Å². The van der Waals surface area contributed by atoms with Crippen molar-refractivity contribution in [2.75, 3.05) is 19.6 Å². The van der Waals surface area contributed by atoms with Crippen LogP contribution in [0.4, 0.5) is 13.2 Å². The molecule has 0 amide bonds. The molecule has 33 heavy (non-hydrogen) atoms. The van der Waals surface area contributed by atoms with Gasteiger partial charge in [0.1, 0.15) is 0 Å². The first-order valence-corrected chi connectivity index (χ1v) is 11.1. The van der Waals surface area contributed by atoms with Crippen molar-refractivity contribution < 1.29 is 23.1 Å². The zero-order valence-electron chi connectivity index (χ0n) is 17.8. The zero-order valence-corrected chi connectivity index (χ0v) is 18.5. The van der Waals surface area contributed by atoms with Crippen molar-refractivity contribution in [3.63, 3.8) is 0 Å². The van der Waals surface area contributed by atoms with E-state index < -0.39 is 17.8 Å². The second-order valence-electron chi connectivity index (χ2n) is 8.11. The summed E-state index contributed by atoms with van der Waals surface area (Å²) in [6, 6.07) is 12.1. The van der Waals surface area contributed by atoms with Crippen molar-refractivity contribution in [1.82, 2.24) is 14.7 Å². The summed E-state index contributed by atoms with van der Waals surface area (Å²) in [4.78, 5) is 14.1. The van der Waals surface area contributed by atoms with Crippen molar-refractivity contribution in [1.29, 1.82) is 0 Å². The fraction of sp³-hybridized carbons (Fsp3) is 0.333. The minimum atomic E-state index is -4.64. The number of rotatable bonds is 6. The lowest BCUT2D eigenvalue weighted by atomic mass is 9.98. The Bertz CT molecular complexity index is 1150. The summed E-state index contributed by atoms with van der Waals surface area (Å²) in [5.41, 5.74) is 0.612. The van der Waals surface area contributed by atoms with E-state index in [1.54, 1.807) is 30.3 Å². The Labute approximate surface area is 194 Å². The smallest absolute Gasteiger partial charge is 0.435 e. The topological polar surface area (TPSA) is 58.4 Å². The summed E-state index contributed by atoms with van der Waals surface area (Å²) in [6.07, 6.45) is -0.729. The molecule has 1 aliphatic heterocycles. The molecule has 4 rings (SSSR count). The lowest BCUT2D eigenvalue weighted by molar-refractivity contribution is -0.141. The molecule has 9 heteroatoms. The second-order valence-corrected chi connectivity index (χ2v) is 8.51. The summed E-state index contributed by atoms with van der Waals surface area (Å²) in [7, 11) is 0. The number of aromatic nitrogens is 2. The van der Waals surface area contributed by atoms with Gasteiger partial charge in [-0.05, 0) is 68.2 Å². The predicted molar refractivity (Wildman–Crippen MR) is 120 cm³/mol. The minimum Gasteiger partial charge on any atom is -0.478 e. The molecule has 0 spiro atoms. The molecule has 0 aliphatic carbocycles. The number of alkyl halides is 3. The number of hydrogen-bond acceptors (Lipinski definition) is 3. The molecule has 0 saturated carbocycles. The Morgan fingerprint density at radius 2 is 1.79 bits per heavy atom. The monoisotopic (exact) mass is 477 g/mol. The molecule has 5 nitrogen and oxygen atoms in total. The highest BCUT2D eigenvalue weighted by molar-refractivity contribution is 6.32. The van der Waals surface area contributed by atoms with Gasteiger partial charge >= 0.3 is 12.1 Å². The van der Waals surface area contributed by atoms with Gasteiger partial charge in [0, 0.05) is 12.1 Å². The number of benzene rings is 2. The van der Waals surface area contributed by atoms with Gasteiger partial charge in [-0.25, -0.2) is 9.48 Å². The van der Waals surface area contributed by atoms with Crippen LogP contribution in [0.1, 0.15) is 40.9 Å². The fourth-order valence-electron chi connectivity index (χ4n) is 4.16. The SMILES string of the molecule is O=C(O)c1ccc(-c2cc(C(F)(F)F)nn2-c2ccccc2Cl)cc1CCN1CCCCC1.